The molecule has 1 aliphatic heterocycles. The van der Waals surface area contributed by atoms with Gasteiger partial charge in [0.05, 0.1) is 0 Å². The SMILES string of the molecule is O=C(NCCN1CCCCC1)Nc1ccc(Oc2ccccc2)cc1. The number of hydrogen-bond acceptors (Lipinski definition) is 3. The monoisotopic (exact) mass is 339 g/mol. The number of hydrogen-bond donors (Lipinski definition) is 2. The van der Waals surface area contributed by atoms with Gasteiger partial charge in [0.2, 0.25) is 0 Å². The molecule has 0 aromatic heterocycles. The van der Waals surface area contributed by atoms with E-state index in [1.165, 1.54) is 19.3 Å². The highest BCUT2D eigenvalue weighted by molar-refractivity contribution is 5.89. The Bertz CT molecular complexity index is 652. The molecule has 5 nitrogen and oxygen atoms in total. The Morgan fingerprint density at radius 3 is 2.32 bits per heavy atom. The first-order chi connectivity index (χ1) is 12.3. The number of benzene rings is 2. The molecule has 0 spiro atoms. The van der Waals surface area contributed by atoms with E-state index in [4.69, 9.17) is 4.74 Å². The Morgan fingerprint density at radius 2 is 1.60 bits per heavy atom. The van der Waals surface area contributed by atoms with Gasteiger partial charge in [0, 0.05) is 18.8 Å². The van der Waals surface area contributed by atoms with Crippen LogP contribution in [0.3, 0.4) is 0 Å². The highest BCUT2D eigenvalue weighted by Gasteiger charge is 2.10. The number of para-hydroxylation sites is 1. The van der Waals surface area contributed by atoms with Gasteiger partial charge in [-0.1, -0.05) is 24.6 Å². The van der Waals surface area contributed by atoms with E-state index >= 15 is 0 Å². The van der Waals surface area contributed by atoms with Crippen molar-refractivity contribution in [3.05, 3.63) is 54.6 Å². The maximum atomic E-state index is 12.0. The number of amides is 2. The van der Waals surface area contributed by atoms with Crippen LogP contribution in [0, 0.1) is 0 Å². The van der Waals surface area contributed by atoms with E-state index in [-0.39, 0.29) is 6.03 Å². The van der Waals surface area contributed by atoms with Gasteiger partial charge < -0.3 is 20.3 Å². The maximum absolute atomic E-state index is 12.0. The predicted molar refractivity (Wildman–Crippen MR) is 100 cm³/mol. The number of likely N-dealkylation sites (tertiary alicyclic amines) is 1. The molecular formula is C20H25N3O2. The Morgan fingerprint density at radius 1 is 0.920 bits per heavy atom. The van der Waals surface area contributed by atoms with Crippen LogP contribution in [-0.2, 0) is 0 Å². The first-order valence-corrected chi connectivity index (χ1v) is 8.90. The van der Waals surface area contributed by atoms with Crippen LogP contribution in [-0.4, -0.2) is 37.1 Å². The van der Waals surface area contributed by atoms with E-state index in [0.29, 0.717) is 6.54 Å². The zero-order valence-corrected chi connectivity index (χ0v) is 14.4. The van der Waals surface area contributed by atoms with Crippen LogP contribution in [0.4, 0.5) is 10.5 Å². The molecule has 2 N–H and O–H groups in total. The van der Waals surface area contributed by atoms with Crippen molar-refractivity contribution in [3.63, 3.8) is 0 Å². The van der Waals surface area contributed by atoms with Crippen molar-refractivity contribution in [3.8, 4) is 11.5 Å². The van der Waals surface area contributed by atoms with Gasteiger partial charge >= 0.3 is 6.03 Å². The first-order valence-electron chi connectivity index (χ1n) is 8.90. The summed E-state index contributed by atoms with van der Waals surface area (Å²) in [5.41, 5.74) is 0.746. The zero-order valence-electron chi connectivity index (χ0n) is 14.4. The number of carbonyl (C=O) groups excluding carboxylic acids is 1. The van der Waals surface area contributed by atoms with Gasteiger partial charge in [-0.15, -0.1) is 0 Å². The van der Waals surface area contributed by atoms with Gasteiger partial charge in [-0.25, -0.2) is 4.79 Å². The zero-order chi connectivity index (χ0) is 17.3. The van der Waals surface area contributed by atoms with Gasteiger partial charge in [-0.2, -0.15) is 0 Å². The molecule has 5 heteroatoms. The number of urea groups is 1. The van der Waals surface area contributed by atoms with Crippen molar-refractivity contribution in [2.24, 2.45) is 0 Å². The predicted octanol–water partition coefficient (Wildman–Crippen LogP) is 4.09. The standard InChI is InChI=1S/C20H25N3O2/c24-20(21-13-16-23-14-5-2-6-15-23)22-17-9-11-19(12-10-17)25-18-7-3-1-4-8-18/h1,3-4,7-12H,2,5-6,13-16H2,(H2,21,22,24). The van der Waals surface area contributed by atoms with E-state index < -0.39 is 0 Å². The molecule has 132 valence electrons. The molecular weight excluding hydrogens is 314 g/mol. The molecule has 2 aromatic carbocycles. The third-order valence-electron chi connectivity index (χ3n) is 4.25. The molecule has 1 aliphatic rings. The van der Waals surface area contributed by atoms with E-state index in [1.54, 1.807) is 0 Å². The Kier molecular flexibility index (Phi) is 6.29. The molecule has 0 radical (unpaired) electrons. The average molecular weight is 339 g/mol. The van der Waals surface area contributed by atoms with Gasteiger partial charge in [-0.3, -0.25) is 0 Å². The summed E-state index contributed by atoms with van der Waals surface area (Å²) in [6, 6.07) is 16.8. The minimum Gasteiger partial charge on any atom is -0.457 e. The minimum atomic E-state index is -0.172. The van der Waals surface area contributed by atoms with Crippen LogP contribution in [0.25, 0.3) is 0 Å². The second kappa shape index (κ2) is 9.08. The van der Waals surface area contributed by atoms with Crippen LogP contribution in [0.1, 0.15) is 19.3 Å². The number of ether oxygens (including phenoxy) is 1. The summed E-state index contributed by atoms with van der Waals surface area (Å²) >= 11 is 0. The fourth-order valence-electron chi connectivity index (χ4n) is 2.92. The van der Waals surface area contributed by atoms with E-state index in [9.17, 15) is 4.79 Å². The molecule has 1 heterocycles. The third-order valence-corrected chi connectivity index (χ3v) is 4.25. The summed E-state index contributed by atoms with van der Waals surface area (Å²) in [5, 5.41) is 5.76. The number of piperidine rings is 1. The van der Waals surface area contributed by atoms with Crippen molar-refractivity contribution in [2.45, 2.75) is 19.3 Å². The summed E-state index contributed by atoms with van der Waals surface area (Å²) in [6.45, 7) is 3.87. The second-order valence-corrected chi connectivity index (χ2v) is 6.22. The number of anilines is 1. The Balaban J connectivity index is 1.40. The summed E-state index contributed by atoms with van der Waals surface area (Å²) < 4.78 is 5.74. The fraction of sp³-hybridized carbons (Fsp3) is 0.350. The van der Waals surface area contributed by atoms with Crippen molar-refractivity contribution < 1.29 is 9.53 Å². The summed E-state index contributed by atoms with van der Waals surface area (Å²) in [7, 11) is 0. The largest absolute Gasteiger partial charge is 0.457 e. The molecule has 25 heavy (non-hydrogen) atoms. The molecule has 1 saturated heterocycles. The number of nitrogens with zero attached hydrogens (tertiary/aromatic N) is 1. The second-order valence-electron chi connectivity index (χ2n) is 6.22. The average Bonchev–Trinajstić information content (AvgIpc) is 2.65. The van der Waals surface area contributed by atoms with Crippen LogP contribution in [0.5, 0.6) is 11.5 Å². The molecule has 1 fully saturated rings. The highest BCUT2D eigenvalue weighted by atomic mass is 16.5. The van der Waals surface area contributed by atoms with E-state index in [1.807, 2.05) is 54.6 Å². The van der Waals surface area contributed by atoms with E-state index in [0.717, 1.165) is 36.8 Å². The van der Waals surface area contributed by atoms with Crippen LogP contribution in [0.2, 0.25) is 0 Å². The fourth-order valence-corrected chi connectivity index (χ4v) is 2.92. The molecule has 0 atom stereocenters. The summed E-state index contributed by atoms with van der Waals surface area (Å²) in [5.74, 6) is 1.53. The van der Waals surface area contributed by atoms with Crippen LogP contribution in [0.15, 0.2) is 54.6 Å². The lowest BCUT2D eigenvalue weighted by Gasteiger charge is -2.26. The molecule has 2 aromatic rings. The molecule has 2 amide bonds. The first kappa shape index (κ1) is 17.3. The molecule has 3 rings (SSSR count). The lowest BCUT2D eigenvalue weighted by molar-refractivity contribution is 0.224. The minimum absolute atomic E-state index is 0.172. The molecule has 0 aliphatic carbocycles. The number of nitrogens with one attached hydrogen (secondary N) is 2. The van der Waals surface area contributed by atoms with Gasteiger partial charge in [0.1, 0.15) is 11.5 Å². The Hall–Kier alpha value is -2.53. The van der Waals surface area contributed by atoms with Gasteiger partial charge in [0.15, 0.2) is 0 Å². The van der Waals surface area contributed by atoms with Gasteiger partial charge in [-0.05, 0) is 62.3 Å². The topological polar surface area (TPSA) is 53.6 Å². The van der Waals surface area contributed by atoms with Crippen molar-refractivity contribution in [1.82, 2.24) is 10.2 Å². The molecule has 0 bridgehead atoms. The normalized spacial score (nSPS) is 14.7. The third kappa shape index (κ3) is 5.80. The summed E-state index contributed by atoms with van der Waals surface area (Å²) in [6.07, 6.45) is 3.86. The van der Waals surface area contributed by atoms with Crippen molar-refractivity contribution >= 4 is 11.7 Å². The highest BCUT2D eigenvalue weighted by Crippen LogP contribution is 2.22. The lowest BCUT2D eigenvalue weighted by atomic mass is 10.1. The number of rotatable bonds is 6. The van der Waals surface area contributed by atoms with Crippen LogP contribution >= 0.6 is 0 Å². The maximum Gasteiger partial charge on any atom is 0.319 e. The van der Waals surface area contributed by atoms with Crippen molar-refractivity contribution in [2.75, 3.05) is 31.5 Å². The van der Waals surface area contributed by atoms with Gasteiger partial charge in [0.25, 0.3) is 0 Å². The molecule has 0 unspecified atom stereocenters. The lowest BCUT2D eigenvalue weighted by Crippen LogP contribution is -2.39. The summed E-state index contributed by atoms with van der Waals surface area (Å²) in [4.78, 5) is 14.4. The smallest absolute Gasteiger partial charge is 0.319 e. The number of carbonyl (C=O) groups is 1. The quantitative estimate of drug-likeness (QED) is 0.833. The molecule has 0 saturated carbocycles. The van der Waals surface area contributed by atoms with Crippen LogP contribution < -0.4 is 15.4 Å². The Labute approximate surface area is 149 Å². The van der Waals surface area contributed by atoms with E-state index in [2.05, 4.69) is 15.5 Å². The van der Waals surface area contributed by atoms with Crippen molar-refractivity contribution in [1.29, 1.82) is 0 Å².